The Balaban J connectivity index is 2.55. The van der Waals surface area contributed by atoms with Gasteiger partial charge >= 0.3 is 0 Å². The molecule has 0 spiro atoms. The van der Waals surface area contributed by atoms with Gasteiger partial charge in [0.1, 0.15) is 5.78 Å². The second kappa shape index (κ2) is 4.23. The summed E-state index contributed by atoms with van der Waals surface area (Å²) in [5.41, 5.74) is 0.320. The fraction of sp³-hybridized carbons (Fsp3) is 0.909. The van der Waals surface area contributed by atoms with E-state index in [2.05, 4.69) is 25.7 Å². The summed E-state index contributed by atoms with van der Waals surface area (Å²) in [5, 5.41) is 0. The van der Waals surface area contributed by atoms with Crippen LogP contribution in [0.1, 0.15) is 46.5 Å². The van der Waals surface area contributed by atoms with E-state index in [0.717, 1.165) is 25.9 Å². The molecule has 0 unspecified atom stereocenters. The minimum atomic E-state index is 0.320. The van der Waals surface area contributed by atoms with Gasteiger partial charge in [-0.25, -0.2) is 0 Å². The topological polar surface area (TPSA) is 20.3 Å². The minimum Gasteiger partial charge on any atom is -0.300 e. The number of rotatable bonds is 3. The number of carbonyl (C=O) groups is 1. The first kappa shape index (κ1) is 10.7. The lowest BCUT2D eigenvalue weighted by molar-refractivity contribution is -0.122. The van der Waals surface area contributed by atoms with Crippen molar-refractivity contribution in [3.8, 4) is 0 Å². The van der Waals surface area contributed by atoms with E-state index in [1.807, 2.05) is 0 Å². The molecule has 0 amide bonds. The summed E-state index contributed by atoms with van der Waals surface area (Å²) in [5.74, 6) is 0.436. The third-order valence-corrected chi connectivity index (χ3v) is 3.61. The van der Waals surface area contributed by atoms with Crippen molar-refractivity contribution >= 4 is 5.78 Å². The van der Waals surface area contributed by atoms with Crippen LogP contribution >= 0.6 is 0 Å². The van der Waals surface area contributed by atoms with E-state index in [-0.39, 0.29) is 0 Å². The Labute approximate surface area is 81.3 Å². The molecular formula is C11H21NO. The summed E-state index contributed by atoms with van der Waals surface area (Å²) in [7, 11) is 0. The van der Waals surface area contributed by atoms with Crippen LogP contribution in [0.15, 0.2) is 0 Å². The number of hydrogen-bond acceptors (Lipinski definition) is 2. The smallest absolute Gasteiger partial charge is 0.135 e. The molecule has 0 bridgehead atoms. The number of ketones is 1. The van der Waals surface area contributed by atoms with Gasteiger partial charge in [0.05, 0.1) is 0 Å². The summed E-state index contributed by atoms with van der Waals surface area (Å²) in [6, 6.07) is 0. The molecule has 0 saturated carbocycles. The van der Waals surface area contributed by atoms with Crippen molar-refractivity contribution in [2.45, 2.75) is 52.0 Å². The average Bonchev–Trinajstić information content (AvgIpc) is 2.18. The number of hydrogen-bond donors (Lipinski definition) is 0. The van der Waals surface area contributed by atoms with Crippen LogP contribution in [-0.4, -0.2) is 29.3 Å². The molecule has 0 N–H and O–H groups in total. The number of piperidine rings is 1. The van der Waals surface area contributed by atoms with E-state index in [9.17, 15) is 4.79 Å². The zero-order chi connectivity index (χ0) is 9.90. The summed E-state index contributed by atoms with van der Waals surface area (Å²) < 4.78 is 0. The Kier molecular flexibility index (Phi) is 3.48. The molecule has 13 heavy (non-hydrogen) atoms. The predicted molar refractivity (Wildman–Crippen MR) is 54.8 cm³/mol. The van der Waals surface area contributed by atoms with Gasteiger partial charge in [-0.1, -0.05) is 13.8 Å². The van der Waals surface area contributed by atoms with Gasteiger partial charge < -0.3 is 0 Å². The van der Waals surface area contributed by atoms with E-state index in [4.69, 9.17) is 0 Å². The Morgan fingerprint density at radius 3 is 2.08 bits per heavy atom. The van der Waals surface area contributed by atoms with Crippen LogP contribution in [0.25, 0.3) is 0 Å². The van der Waals surface area contributed by atoms with Crippen LogP contribution in [0.2, 0.25) is 0 Å². The molecule has 1 aliphatic heterocycles. The number of carbonyl (C=O) groups excluding carboxylic acids is 1. The van der Waals surface area contributed by atoms with E-state index < -0.39 is 0 Å². The Morgan fingerprint density at radius 2 is 1.69 bits per heavy atom. The highest BCUT2D eigenvalue weighted by Crippen LogP contribution is 2.25. The summed E-state index contributed by atoms with van der Waals surface area (Å²) in [4.78, 5) is 13.6. The average molecular weight is 183 g/mol. The Morgan fingerprint density at radius 1 is 1.23 bits per heavy atom. The molecule has 0 aromatic rings. The number of likely N-dealkylation sites (tertiary alicyclic amines) is 1. The third kappa shape index (κ3) is 2.31. The van der Waals surface area contributed by atoms with Gasteiger partial charge in [0.2, 0.25) is 0 Å². The van der Waals surface area contributed by atoms with Crippen LogP contribution in [0.3, 0.4) is 0 Å². The van der Waals surface area contributed by atoms with Crippen LogP contribution < -0.4 is 0 Å². The van der Waals surface area contributed by atoms with Crippen LogP contribution in [-0.2, 0) is 4.79 Å². The maximum atomic E-state index is 11.1. The van der Waals surface area contributed by atoms with Crippen LogP contribution in [0, 0.1) is 0 Å². The summed E-state index contributed by atoms with van der Waals surface area (Å²) >= 11 is 0. The normalized spacial score (nSPS) is 20.7. The molecule has 0 atom stereocenters. The largest absolute Gasteiger partial charge is 0.300 e. The molecule has 0 aromatic heterocycles. The zero-order valence-electron chi connectivity index (χ0n) is 9.10. The lowest BCUT2D eigenvalue weighted by Gasteiger charge is -2.42. The van der Waals surface area contributed by atoms with E-state index in [1.165, 1.54) is 12.8 Å². The molecule has 1 fully saturated rings. The number of nitrogens with zero attached hydrogens (tertiary/aromatic N) is 1. The van der Waals surface area contributed by atoms with Gasteiger partial charge in [-0.2, -0.15) is 0 Å². The lowest BCUT2D eigenvalue weighted by atomic mass is 9.91. The van der Waals surface area contributed by atoms with Crippen molar-refractivity contribution in [2.24, 2.45) is 0 Å². The van der Waals surface area contributed by atoms with Crippen molar-refractivity contribution in [2.75, 3.05) is 13.1 Å². The molecule has 0 radical (unpaired) electrons. The van der Waals surface area contributed by atoms with Crippen LogP contribution in [0.5, 0.6) is 0 Å². The molecule has 76 valence electrons. The molecule has 1 rings (SSSR count). The van der Waals surface area contributed by atoms with Crippen molar-refractivity contribution in [3.05, 3.63) is 0 Å². The highest BCUT2D eigenvalue weighted by atomic mass is 16.1. The molecule has 1 aliphatic rings. The van der Waals surface area contributed by atoms with Crippen molar-refractivity contribution in [1.29, 1.82) is 0 Å². The molecule has 1 heterocycles. The van der Waals surface area contributed by atoms with Crippen molar-refractivity contribution in [3.63, 3.8) is 0 Å². The third-order valence-electron chi connectivity index (χ3n) is 3.61. The maximum absolute atomic E-state index is 11.1. The van der Waals surface area contributed by atoms with Gasteiger partial charge in [-0.15, -0.1) is 0 Å². The van der Waals surface area contributed by atoms with Gasteiger partial charge in [-0.05, 0) is 19.8 Å². The van der Waals surface area contributed by atoms with E-state index >= 15 is 0 Å². The number of Topliss-reactive ketones (excluding diaryl/α,β-unsaturated/α-hetero) is 1. The minimum absolute atomic E-state index is 0.320. The second-order valence-electron chi connectivity index (χ2n) is 4.23. The molecule has 2 nitrogen and oxygen atoms in total. The quantitative estimate of drug-likeness (QED) is 0.668. The first-order chi connectivity index (χ1) is 6.12. The van der Waals surface area contributed by atoms with Gasteiger partial charge in [0, 0.05) is 31.5 Å². The first-order valence-corrected chi connectivity index (χ1v) is 5.39. The molecular weight excluding hydrogens is 162 g/mol. The SMILES string of the molecule is CCC(C)(CC)N1CCC(=O)CC1. The summed E-state index contributed by atoms with van der Waals surface area (Å²) in [6.45, 7) is 8.72. The molecule has 1 saturated heterocycles. The van der Waals surface area contributed by atoms with Gasteiger partial charge in [0.25, 0.3) is 0 Å². The molecule has 2 heteroatoms. The second-order valence-corrected chi connectivity index (χ2v) is 4.23. The fourth-order valence-electron chi connectivity index (χ4n) is 1.99. The highest BCUT2D eigenvalue weighted by Gasteiger charge is 2.30. The fourth-order valence-corrected chi connectivity index (χ4v) is 1.99. The molecule has 0 aliphatic carbocycles. The Hall–Kier alpha value is -0.370. The van der Waals surface area contributed by atoms with Gasteiger partial charge in [0.15, 0.2) is 0 Å². The zero-order valence-corrected chi connectivity index (χ0v) is 9.10. The summed E-state index contributed by atoms with van der Waals surface area (Å²) in [6.07, 6.45) is 3.88. The Bertz CT molecular complexity index is 175. The standard InChI is InChI=1S/C11H21NO/c1-4-11(3,5-2)12-8-6-10(13)7-9-12/h4-9H2,1-3H3. The van der Waals surface area contributed by atoms with E-state index in [1.54, 1.807) is 0 Å². The van der Waals surface area contributed by atoms with E-state index in [0.29, 0.717) is 11.3 Å². The first-order valence-electron chi connectivity index (χ1n) is 5.39. The van der Waals surface area contributed by atoms with Gasteiger partial charge in [-0.3, -0.25) is 9.69 Å². The van der Waals surface area contributed by atoms with Crippen molar-refractivity contribution < 1.29 is 4.79 Å². The highest BCUT2D eigenvalue weighted by molar-refractivity contribution is 5.79. The van der Waals surface area contributed by atoms with Crippen molar-refractivity contribution in [1.82, 2.24) is 4.90 Å². The van der Waals surface area contributed by atoms with Crippen LogP contribution in [0.4, 0.5) is 0 Å². The maximum Gasteiger partial charge on any atom is 0.135 e. The molecule has 0 aromatic carbocycles. The predicted octanol–water partition coefficient (Wildman–Crippen LogP) is 2.23. The monoisotopic (exact) mass is 183 g/mol. The lowest BCUT2D eigenvalue weighted by Crippen LogP contribution is -2.49.